The standard InChI is InChI=1S/C18H15Cl2N3O2/c1-10-15(17(24)22-14-8-6-13(20)7-9-14)16(23-18(25)21-10)11-2-4-12(19)5-3-11/h2-9,16H,1H3,(H,22,24)(H2,21,23,25). The van der Waals surface area contributed by atoms with Gasteiger partial charge in [0.25, 0.3) is 5.91 Å². The summed E-state index contributed by atoms with van der Waals surface area (Å²) in [5.74, 6) is -0.313. The van der Waals surface area contributed by atoms with Crippen LogP contribution in [0.2, 0.25) is 10.0 Å². The Balaban J connectivity index is 1.92. The molecule has 3 rings (SSSR count). The van der Waals surface area contributed by atoms with E-state index in [1.54, 1.807) is 55.5 Å². The molecule has 1 heterocycles. The average Bonchev–Trinajstić information content (AvgIpc) is 2.57. The molecule has 0 radical (unpaired) electrons. The third kappa shape index (κ3) is 3.95. The minimum Gasteiger partial charge on any atom is -0.327 e. The van der Waals surface area contributed by atoms with E-state index in [1.165, 1.54) is 0 Å². The smallest absolute Gasteiger partial charge is 0.319 e. The summed E-state index contributed by atoms with van der Waals surface area (Å²) in [6.07, 6.45) is 0. The van der Waals surface area contributed by atoms with Gasteiger partial charge in [0.15, 0.2) is 0 Å². The van der Waals surface area contributed by atoms with Gasteiger partial charge in [-0.05, 0) is 48.9 Å². The van der Waals surface area contributed by atoms with Gasteiger partial charge < -0.3 is 16.0 Å². The Morgan fingerprint density at radius 3 is 2.16 bits per heavy atom. The highest BCUT2D eigenvalue weighted by Gasteiger charge is 2.31. The summed E-state index contributed by atoms with van der Waals surface area (Å²) in [6.45, 7) is 1.69. The highest BCUT2D eigenvalue weighted by atomic mass is 35.5. The van der Waals surface area contributed by atoms with Crippen molar-refractivity contribution in [1.29, 1.82) is 0 Å². The number of allylic oxidation sites excluding steroid dienone is 1. The summed E-state index contributed by atoms with van der Waals surface area (Å²) in [5, 5.41) is 9.40. The van der Waals surface area contributed by atoms with E-state index in [1.807, 2.05) is 0 Å². The summed E-state index contributed by atoms with van der Waals surface area (Å²) in [7, 11) is 0. The first-order chi connectivity index (χ1) is 11.9. The third-order valence-electron chi connectivity index (χ3n) is 3.82. The van der Waals surface area contributed by atoms with Gasteiger partial charge in [-0.3, -0.25) is 4.79 Å². The Bertz CT molecular complexity index is 846. The predicted molar refractivity (Wildman–Crippen MR) is 98.6 cm³/mol. The number of nitrogens with one attached hydrogen (secondary N) is 3. The molecule has 0 fully saturated rings. The van der Waals surface area contributed by atoms with Crippen LogP contribution in [-0.4, -0.2) is 11.9 Å². The van der Waals surface area contributed by atoms with Gasteiger partial charge in [-0.15, -0.1) is 0 Å². The Morgan fingerprint density at radius 2 is 1.56 bits per heavy atom. The Morgan fingerprint density at radius 1 is 1.00 bits per heavy atom. The zero-order valence-corrected chi connectivity index (χ0v) is 14.8. The van der Waals surface area contributed by atoms with Crippen LogP contribution in [0.4, 0.5) is 10.5 Å². The number of carbonyl (C=O) groups is 2. The van der Waals surface area contributed by atoms with E-state index in [-0.39, 0.29) is 11.9 Å². The first-order valence-electron chi connectivity index (χ1n) is 7.54. The van der Waals surface area contributed by atoms with E-state index in [0.29, 0.717) is 27.0 Å². The number of carbonyl (C=O) groups excluding carboxylic acids is 2. The molecule has 1 aliphatic heterocycles. The van der Waals surface area contributed by atoms with Crippen LogP contribution in [0.1, 0.15) is 18.5 Å². The molecule has 1 unspecified atom stereocenters. The van der Waals surface area contributed by atoms with Crippen molar-refractivity contribution < 1.29 is 9.59 Å². The van der Waals surface area contributed by atoms with Gasteiger partial charge in [0.2, 0.25) is 0 Å². The summed E-state index contributed by atoms with van der Waals surface area (Å²) in [6, 6.07) is 12.9. The highest BCUT2D eigenvalue weighted by molar-refractivity contribution is 6.30. The molecule has 1 atom stereocenters. The van der Waals surface area contributed by atoms with Gasteiger partial charge >= 0.3 is 6.03 Å². The van der Waals surface area contributed by atoms with Crippen LogP contribution in [0, 0.1) is 0 Å². The van der Waals surface area contributed by atoms with Crippen molar-refractivity contribution in [2.24, 2.45) is 0 Å². The normalized spacial score (nSPS) is 16.9. The fourth-order valence-electron chi connectivity index (χ4n) is 2.63. The quantitative estimate of drug-likeness (QED) is 0.749. The van der Waals surface area contributed by atoms with Crippen molar-refractivity contribution in [3.8, 4) is 0 Å². The fourth-order valence-corrected chi connectivity index (χ4v) is 2.88. The zero-order chi connectivity index (χ0) is 18.0. The summed E-state index contributed by atoms with van der Waals surface area (Å²) in [4.78, 5) is 24.7. The van der Waals surface area contributed by atoms with Gasteiger partial charge in [0, 0.05) is 21.4 Å². The molecule has 3 N–H and O–H groups in total. The highest BCUT2D eigenvalue weighted by Crippen LogP contribution is 2.28. The minimum absolute atomic E-state index is 0.313. The monoisotopic (exact) mass is 375 g/mol. The van der Waals surface area contributed by atoms with Crippen molar-refractivity contribution in [3.05, 3.63) is 75.4 Å². The van der Waals surface area contributed by atoms with Crippen molar-refractivity contribution >= 4 is 40.8 Å². The fraction of sp³-hybridized carbons (Fsp3) is 0.111. The van der Waals surface area contributed by atoms with Crippen LogP contribution in [0.15, 0.2) is 59.8 Å². The maximum Gasteiger partial charge on any atom is 0.319 e. The lowest BCUT2D eigenvalue weighted by Crippen LogP contribution is -2.45. The number of anilines is 1. The molecule has 5 nitrogen and oxygen atoms in total. The van der Waals surface area contributed by atoms with Crippen molar-refractivity contribution in [2.75, 3.05) is 5.32 Å². The molecule has 0 aliphatic carbocycles. The Hall–Kier alpha value is -2.50. The Kier molecular flexibility index (Phi) is 4.97. The molecule has 0 saturated carbocycles. The van der Waals surface area contributed by atoms with Crippen molar-refractivity contribution in [2.45, 2.75) is 13.0 Å². The number of halogens is 2. The number of rotatable bonds is 3. The van der Waals surface area contributed by atoms with E-state index < -0.39 is 6.04 Å². The van der Waals surface area contributed by atoms with Crippen LogP contribution in [0.5, 0.6) is 0 Å². The maximum absolute atomic E-state index is 12.8. The van der Waals surface area contributed by atoms with Crippen LogP contribution in [0.25, 0.3) is 0 Å². The number of amides is 3. The summed E-state index contributed by atoms with van der Waals surface area (Å²) in [5.41, 5.74) is 2.30. The predicted octanol–water partition coefficient (Wildman–Crippen LogP) is 4.26. The van der Waals surface area contributed by atoms with E-state index >= 15 is 0 Å². The van der Waals surface area contributed by atoms with E-state index in [4.69, 9.17) is 23.2 Å². The molecule has 0 spiro atoms. The van der Waals surface area contributed by atoms with Gasteiger partial charge in [0.1, 0.15) is 0 Å². The topological polar surface area (TPSA) is 70.2 Å². The SMILES string of the molecule is CC1=C(C(=O)Nc2ccc(Cl)cc2)C(c2ccc(Cl)cc2)NC(=O)N1. The van der Waals surface area contributed by atoms with Gasteiger partial charge in [-0.1, -0.05) is 35.3 Å². The second-order valence-electron chi connectivity index (χ2n) is 5.58. The number of benzene rings is 2. The molecule has 128 valence electrons. The molecule has 0 aromatic heterocycles. The molecule has 7 heteroatoms. The van der Waals surface area contributed by atoms with Crippen molar-refractivity contribution in [1.82, 2.24) is 10.6 Å². The molecule has 25 heavy (non-hydrogen) atoms. The molecule has 1 aliphatic rings. The molecule has 2 aromatic carbocycles. The molecule has 3 amide bonds. The molecule has 2 aromatic rings. The lowest BCUT2D eigenvalue weighted by Gasteiger charge is -2.28. The second kappa shape index (κ2) is 7.17. The summed E-state index contributed by atoms with van der Waals surface area (Å²) >= 11 is 11.8. The van der Waals surface area contributed by atoms with Crippen LogP contribution < -0.4 is 16.0 Å². The first kappa shape index (κ1) is 17.3. The lowest BCUT2D eigenvalue weighted by molar-refractivity contribution is -0.113. The number of urea groups is 1. The van der Waals surface area contributed by atoms with Crippen molar-refractivity contribution in [3.63, 3.8) is 0 Å². The van der Waals surface area contributed by atoms with Crippen LogP contribution in [-0.2, 0) is 4.79 Å². The van der Waals surface area contributed by atoms with Gasteiger partial charge in [0.05, 0.1) is 11.6 Å². The molecular weight excluding hydrogens is 361 g/mol. The zero-order valence-electron chi connectivity index (χ0n) is 13.3. The number of hydrogen-bond acceptors (Lipinski definition) is 2. The van der Waals surface area contributed by atoms with Gasteiger partial charge in [-0.2, -0.15) is 0 Å². The lowest BCUT2D eigenvalue weighted by atomic mass is 9.95. The van der Waals surface area contributed by atoms with E-state index in [9.17, 15) is 9.59 Å². The average molecular weight is 376 g/mol. The molecule has 0 saturated heterocycles. The second-order valence-corrected chi connectivity index (χ2v) is 6.46. The molecular formula is C18H15Cl2N3O2. The van der Waals surface area contributed by atoms with Gasteiger partial charge in [-0.25, -0.2) is 4.79 Å². The van der Waals surface area contributed by atoms with Crippen LogP contribution in [0.3, 0.4) is 0 Å². The molecule has 0 bridgehead atoms. The van der Waals surface area contributed by atoms with E-state index in [2.05, 4.69) is 16.0 Å². The largest absolute Gasteiger partial charge is 0.327 e. The Labute approximate surface area is 155 Å². The maximum atomic E-state index is 12.8. The minimum atomic E-state index is -0.571. The third-order valence-corrected chi connectivity index (χ3v) is 4.32. The first-order valence-corrected chi connectivity index (χ1v) is 8.30. The van der Waals surface area contributed by atoms with E-state index in [0.717, 1.165) is 5.56 Å². The summed E-state index contributed by atoms with van der Waals surface area (Å²) < 4.78 is 0. The van der Waals surface area contributed by atoms with Crippen LogP contribution >= 0.6 is 23.2 Å². The number of hydrogen-bond donors (Lipinski definition) is 3.